The molecule has 0 radical (unpaired) electrons. The van der Waals surface area contributed by atoms with Gasteiger partial charge in [0.1, 0.15) is 0 Å². The fourth-order valence-electron chi connectivity index (χ4n) is 1.91. The van der Waals surface area contributed by atoms with E-state index >= 15 is 0 Å². The smallest absolute Gasteiger partial charge is 0.306 e. The second-order valence-electron chi connectivity index (χ2n) is 4.46. The Morgan fingerprint density at radius 2 is 2.00 bits per heavy atom. The topological polar surface area (TPSA) is 37.3 Å². The standard InChI is InChI=1S/C9H16O2/c1-6(8(10)11)7-4-9(2,3)5-7/h6-7H,4-5H2,1-3H3,(H,10,11)/t6-/m0/s1. The second kappa shape index (κ2) is 2.50. The molecule has 11 heavy (non-hydrogen) atoms. The molecule has 2 nitrogen and oxygen atoms in total. The molecule has 0 bridgehead atoms. The van der Waals surface area contributed by atoms with Crippen molar-refractivity contribution in [3.63, 3.8) is 0 Å². The maximum Gasteiger partial charge on any atom is 0.306 e. The maximum atomic E-state index is 10.5. The molecule has 0 unspecified atom stereocenters. The van der Waals surface area contributed by atoms with Crippen molar-refractivity contribution < 1.29 is 9.90 Å². The van der Waals surface area contributed by atoms with E-state index < -0.39 is 5.97 Å². The van der Waals surface area contributed by atoms with Gasteiger partial charge in [0.05, 0.1) is 5.92 Å². The molecule has 1 saturated carbocycles. The van der Waals surface area contributed by atoms with Crippen LogP contribution in [0.2, 0.25) is 0 Å². The SMILES string of the molecule is C[C@H](C(=O)O)C1CC(C)(C)C1. The summed E-state index contributed by atoms with van der Waals surface area (Å²) in [4.78, 5) is 10.5. The lowest BCUT2D eigenvalue weighted by Crippen LogP contribution is -2.38. The Kier molecular flexibility index (Phi) is 1.95. The van der Waals surface area contributed by atoms with Gasteiger partial charge in [0.2, 0.25) is 0 Å². The zero-order chi connectivity index (χ0) is 8.65. The van der Waals surface area contributed by atoms with E-state index in [0.29, 0.717) is 11.3 Å². The van der Waals surface area contributed by atoms with E-state index in [4.69, 9.17) is 5.11 Å². The molecule has 0 aliphatic heterocycles. The molecule has 1 rings (SSSR count). The lowest BCUT2D eigenvalue weighted by atomic mass is 9.60. The molecule has 1 fully saturated rings. The number of carboxylic acids is 1. The molecule has 0 saturated heterocycles. The normalized spacial score (nSPS) is 25.7. The van der Waals surface area contributed by atoms with Crippen molar-refractivity contribution in [2.45, 2.75) is 33.6 Å². The highest BCUT2D eigenvalue weighted by Gasteiger charge is 2.40. The van der Waals surface area contributed by atoms with Crippen LogP contribution in [0.5, 0.6) is 0 Å². The third-order valence-corrected chi connectivity index (χ3v) is 2.73. The third-order valence-electron chi connectivity index (χ3n) is 2.73. The van der Waals surface area contributed by atoms with E-state index in [9.17, 15) is 4.79 Å². The van der Waals surface area contributed by atoms with Crippen molar-refractivity contribution in [1.29, 1.82) is 0 Å². The molecule has 1 aliphatic carbocycles. The van der Waals surface area contributed by atoms with Crippen LogP contribution in [-0.4, -0.2) is 11.1 Å². The predicted molar refractivity (Wildman–Crippen MR) is 43.3 cm³/mol. The van der Waals surface area contributed by atoms with E-state index in [1.807, 2.05) is 6.92 Å². The molecule has 0 heterocycles. The Morgan fingerprint density at radius 3 is 2.27 bits per heavy atom. The summed E-state index contributed by atoms with van der Waals surface area (Å²) >= 11 is 0. The fraction of sp³-hybridized carbons (Fsp3) is 0.889. The number of aliphatic carboxylic acids is 1. The van der Waals surface area contributed by atoms with Gasteiger partial charge in [0.25, 0.3) is 0 Å². The molecule has 0 amide bonds. The van der Waals surface area contributed by atoms with Crippen LogP contribution in [0.4, 0.5) is 0 Å². The number of hydrogen-bond acceptors (Lipinski definition) is 1. The summed E-state index contributed by atoms with van der Waals surface area (Å²) in [6.45, 7) is 6.19. The van der Waals surface area contributed by atoms with Crippen LogP contribution in [0, 0.1) is 17.3 Å². The monoisotopic (exact) mass is 156 g/mol. The average molecular weight is 156 g/mol. The number of carboxylic acid groups (broad SMARTS) is 1. The summed E-state index contributed by atoms with van der Waals surface area (Å²) in [5.74, 6) is -0.379. The van der Waals surface area contributed by atoms with E-state index in [-0.39, 0.29) is 5.92 Å². The van der Waals surface area contributed by atoms with Gasteiger partial charge in [0.15, 0.2) is 0 Å². The first-order valence-corrected chi connectivity index (χ1v) is 4.15. The summed E-state index contributed by atoms with van der Waals surface area (Å²) in [6.07, 6.45) is 2.14. The van der Waals surface area contributed by atoms with Crippen molar-refractivity contribution in [1.82, 2.24) is 0 Å². The molecule has 0 aromatic heterocycles. The lowest BCUT2D eigenvalue weighted by molar-refractivity contribution is -0.145. The van der Waals surface area contributed by atoms with Gasteiger partial charge < -0.3 is 5.11 Å². The van der Waals surface area contributed by atoms with Gasteiger partial charge >= 0.3 is 5.97 Å². The minimum absolute atomic E-state index is 0.150. The molecular formula is C9H16O2. The van der Waals surface area contributed by atoms with Crippen LogP contribution in [0.1, 0.15) is 33.6 Å². The Morgan fingerprint density at radius 1 is 1.55 bits per heavy atom. The first-order valence-electron chi connectivity index (χ1n) is 4.15. The van der Waals surface area contributed by atoms with E-state index in [1.165, 1.54) is 0 Å². The number of hydrogen-bond donors (Lipinski definition) is 1. The second-order valence-corrected chi connectivity index (χ2v) is 4.46. The lowest BCUT2D eigenvalue weighted by Gasteiger charge is -2.44. The van der Waals surface area contributed by atoms with Gasteiger partial charge in [-0.1, -0.05) is 20.8 Å². The van der Waals surface area contributed by atoms with Gasteiger partial charge in [-0.05, 0) is 24.2 Å². The Hall–Kier alpha value is -0.530. The van der Waals surface area contributed by atoms with E-state index in [0.717, 1.165) is 12.8 Å². The summed E-state index contributed by atoms with van der Waals surface area (Å²) < 4.78 is 0. The molecular weight excluding hydrogens is 140 g/mol. The van der Waals surface area contributed by atoms with Crippen LogP contribution < -0.4 is 0 Å². The Labute approximate surface area is 67.6 Å². The van der Waals surface area contributed by atoms with Crippen molar-refractivity contribution in [2.24, 2.45) is 17.3 Å². The molecule has 1 aliphatic rings. The number of carbonyl (C=O) groups is 1. The quantitative estimate of drug-likeness (QED) is 0.665. The predicted octanol–water partition coefficient (Wildman–Crippen LogP) is 2.14. The van der Waals surface area contributed by atoms with Crippen LogP contribution in [0.3, 0.4) is 0 Å². The largest absolute Gasteiger partial charge is 0.481 e. The average Bonchev–Trinajstić information content (AvgIpc) is 1.80. The summed E-state index contributed by atoms with van der Waals surface area (Å²) in [6, 6.07) is 0. The maximum absolute atomic E-state index is 10.5. The molecule has 64 valence electrons. The van der Waals surface area contributed by atoms with Gasteiger partial charge in [-0.15, -0.1) is 0 Å². The molecule has 2 heteroatoms. The number of rotatable bonds is 2. The summed E-state index contributed by atoms with van der Waals surface area (Å²) in [5, 5.41) is 8.69. The van der Waals surface area contributed by atoms with Crippen LogP contribution in [-0.2, 0) is 4.79 Å². The van der Waals surface area contributed by atoms with Crippen LogP contribution >= 0.6 is 0 Å². The van der Waals surface area contributed by atoms with Crippen LogP contribution in [0.15, 0.2) is 0 Å². The molecule has 1 N–H and O–H groups in total. The molecule has 1 atom stereocenters. The van der Waals surface area contributed by atoms with Crippen molar-refractivity contribution in [3.05, 3.63) is 0 Å². The van der Waals surface area contributed by atoms with Crippen molar-refractivity contribution in [3.8, 4) is 0 Å². The summed E-state index contributed by atoms with van der Waals surface area (Å²) in [5.41, 5.74) is 0.397. The van der Waals surface area contributed by atoms with Gasteiger partial charge in [-0.2, -0.15) is 0 Å². The van der Waals surface area contributed by atoms with Crippen molar-refractivity contribution in [2.75, 3.05) is 0 Å². The molecule has 0 aromatic carbocycles. The third kappa shape index (κ3) is 1.73. The Balaban J connectivity index is 2.38. The Bertz CT molecular complexity index is 164. The zero-order valence-electron chi connectivity index (χ0n) is 7.42. The summed E-state index contributed by atoms with van der Waals surface area (Å²) in [7, 11) is 0. The van der Waals surface area contributed by atoms with E-state index in [2.05, 4.69) is 13.8 Å². The highest BCUT2D eigenvalue weighted by Crippen LogP contribution is 2.48. The van der Waals surface area contributed by atoms with Crippen molar-refractivity contribution >= 4 is 5.97 Å². The van der Waals surface area contributed by atoms with Gasteiger partial charge in [-0.3, -0.25) is 4.79 Å². The highest BCUT2D eigenvalue weighted by molar-refractivity contribution is 5.70. The molecule has 0 spiro atoms. The van der Waals surface area contributed by atoms with Gasteiger partial charge in [-0.25, -0.2) is 0 Å². The zero-order valence-corrected chi connectivity index (χ0v) is 7.42. The minimum atomic E-state index is -0.648. The van der Waals surface area contributed by atoms with Gasteiger partial charge in [0, 0.05) is 0 Å². The van der Waals surface area contributed by atoms with Crippen LogP contribution in [0.25, 0.3) is 0 Å². The first kappa shape index (κ1) is 8.57. The minimum Gasteiger partial charge on any atom is -0.481 e. The highest BCUT2D eigenvalue weighted by atomic mass is 16.4. The fourth-order valence-corrected chi connectivity index (χ4v) is 1.91. The van der Waals surface area contributed by atoms with E-state index in [1.54, 1.807) is 0 Å². The first-order chi connectivity index (χ1) is 4.92. The molecule has 0 aromatic rings.